The first-order valence-corrected chi connectivity index (χ1v) is 10.5. The molecule has 0 saturated carbocycles. The monoisotopic (exact) mass is 441 g/mol. The Balaban J connectivity index is 1.84. The maximum Gasteiger partial charge on any atom is 0.416 e. The minimum absolute atomic E-state index is 0.182. The lowest BCUT2D eigenvalue weighted by Gasteiger charge is -2.17. The standard InChI is InChI=1S/C26H26F3NO2/c1-17-20(9-6-10-23(17)21-7-4-3-5-8-21)12-13-22-15-19(16-30-18(2)25(31)32)11-14-24(22)26(27,28)29/h3-11,14-15,18,30H,12-13,16H2,1-2H3,(H,31,32). The second-order valence-electron chi connectivity index (χ2n) is 7.89. The topological polar surface area (TPSA) is 49.3 Å². The summed E-state index contributed by atoms with van der Waals surface area (Å²) >= 11 is 0. The van der Waals surface area contributed by atoms with Gasteiger partial charge in [-0.05, 0) is 66.1 Å². The average Bonchev–Trinajstić information content (AvgIpc) is 2.76. The van der Waals surface area contributed by atoms with Crippen LogP contribution in [0.15, 0.2) is 66.7 Å². The van der Waals surface area contributed by atoms with Crippen LogP contribution in [0.2, 0.25) is 0 Å². The van der Waals surface area contributed by atoms with E-state index in [4.69, 9.17) is 5.11 Å². The summed E-state index contributed by atoms with van der Waals surface area (Å²) in [6.45, 7) is 3.67. The Kier molecular flexibility index (Phi) is 7.36. The number of aryl methyl sites for hydroxylation is 2. The van der Waals surface area contributed by atoms with Gasteiger partial charge >= 0.3 is 12.1 Å². The predicted molar refractivity (Wildman–Crippen MR) is 119 cm³/mol. The zero-order chi connectivity index (χ0) is 23.3. The molecule has 0 aliphatic carbocycles. The Labute approximate surface area is 185 Å². The fourth-order valence-corrected chi connectivity index (χ4v) is 3.75. The van der Waals surface area contributed by atoms with Crippen molar-refractivity contribution in [3.63, 3.8) is 0 Å². The number of hydrogen-bond acceptors (Lipinski definition) is 2. The van der Waals surface area contributed by atoms with Gasteiger partial charge in [0.05, 0.1) is 5.56 Å². The van der Waals surface area contributed by atoms with Crippen molar-refractivity contribution in [2.45, 2.75) is 45.5 Å². The Morgan fingerprint density at radius 3 is 2.31 bits per heavy atom. The fraction of sp³-hybridized carbons (Fsp3) is 0.269. The number of hydrogen-bond donors (Lipinski definition) is 2. The molecule has 3 aromatic carbocycles. The molecule has 0 saturated heterocycles. The molecule has 3 aromatic rings. The molecule has 1 unspecified atom stereocenters. The largest absolute Gasteiger partial charge is 0.480 e. The van der Waals surface area contributed by atoms with E-state index in [0.29, 0.717) is 12.0 Å². The van der Waals surface area contributed by atoms with Gasteiger partial charge in [0.1, 0.15) is 6.04 Å². The molecule has 2 N–H and O–H groups in total. The highest BCUT2D eigenvalue weighted by atomic mass is 19.4. The lowest BCUT2D eigenvalue weighted by Crippen LogP contribution is -2.33. The highest BCUT2D eigenvalue weighted by Crippen LogP contribution is 2.34. The molecule has 3 nitrogen and oxygen atoms in total. The summed E-state index contributed by atoms with van der Waals surface area (Å²) in [5.74, 6) is -1.01. The summed E-state index contributed by atoms with van der Waals surface area (Å²) in [6, 6.07) is 19.0. The summed E-state index contributed by atoms with van der Waals surface area (Å²) in [7, 11) is 0. The van der Waals surface area contributed by atoms with Crippen LogP contribution < -0.4 is 5.32 Å². The second kappa shape index (κ2) is 10.0. The van der Waals surface area contributed by atoms with Gasteiger partial charge < -0.3 is 10.4 Å². The van der Waals surface area contributed by atoms with Crippen LogP contribution in [0.3, 0.4) is 0 Å². The normalized spacial score (nSPS) is 12.5. The van der Waals surface area contributed by atoms with E-state index in [9.17, 15) is 18.0 Å². The molecule has 6 heteroatoms. The minimum Gasteiger partial charge on any atom is -0.480 e. The third-order valence-electron chi connectivity index (χ3n) is 5.65. The van der Waals surface area contributed by atoms with E-state index in [1.54, 1.807) is 0 Å². The Hall–Kier alpha value is -3.12. The van der Waals surface area contributed by atoms with E-state index < -0.39 is 23.8 Å². The smallest absolute Gasteiger partial charge is 0.416 e. The van der Waals surface area contributed by atoms with Gasteiger partial charge in [0.2, 0.25) is 0 Å². The number of carboxylic acid groups (broad SMARTS) is 1. The van der Waals surface area contributed by atoms with Crippen LogP contribution in [0.5, 0.6) is 0 Å². The van der Waals surface area contributed by atoms with Gasteiger partial charge in [0, 0.05) is 6.54 Å². The van der Waals surface area contributed by atoms with Crippen molar-refractivity contribution in [1.82, 2.24) is 5.32 Å². The first-order chi connectivity index (χ1) is 15.2. The van der Waals surface area contributed by atoms with Gasteiger partial charge in [-0.25, -0.2) is 0 Å². The van der Waals surface area contributed by atoms with Gasteiger partial charge in [-0.1, -0.05) is 60.7 Å². The van der Waals surface area contributed by atoms with Crippen molar-refractivity contribution in [1.29, 1.82) is 0 Å². The number of aliphatic carboxylic acids is 1. The van der Waals surface area contributed by atoms with Crippen molar-refractivity contribution >= 4 is 5.97 Å². The summed E-state index contributed by atoms with van der Waals surface area (Å²) in [6.07, 6.45) is -3.75. The van der Waals surface area contributed by atoms with E-state index in [-0.39, 0.29) is 18.5 Å². The molecule has 0 aromatic heterocycles. The zero-order valence-electron chi connectivity index (χ0n) is 18.0. The van der Waals surface area contributed by atoms with Crippen LogP contribution in [-0.4, -0.2) is 17.1 Å². The molecule has 0 fully saturated rings. The van der Waals surface area contributed by atoms with Gasteiger partial charge in [-0.15, -0.1) is 0 Å². The summed E-state index contributed by atoms with van der Waals surface area (Å²) in [4.78, 5) is 11.0. The van der Waals surface area contributed by atoms with Crippen LogP contribution in [0, 0.1) is 6.92 Å². The van der Waals surface area contributed by atoms with Crippen molar-refractivity contribution in [3.05, 3.63) is 94.5 Å². The zero-order valence-corrected chi connectivity index (χ0v) is 18.0. The quantitative estimate of drug-likeness (QED) is 0.449. The minimum atomic E-state index is -4.45. The van der Waals surface area contributed by atoms with Crippen molar-refractivity contribution in [2.24, 2.45) is 0 Å². The predicted octanol–water partition coefficient (Wildman–Crippen LogP) is 6.03. The number of carboxylic acids is 1. The van der Waals surface area contributed by atoms with E-state index in [0.717, 1.165) is 28.3 Å². The number of rotatable bonds is 8. The van der Waals surface area contributed by atoms with Gasteiger partial charge in [-0.2, -0.15) is 13.2 Å². The summed E-state index contributed by atoms with van der Waals surface area (Å²) < 4.78 is 40.8. The van der Waals surface area contributed by atoms with Crippen LogP contribution in [-0.2, 0) is 30.4 Å². The molecular formula is C26H26F3NO2. The van der Waals surface area contributed by atoms with Gasteiger partial charge in [0.25, 0.3) is 0 Å². The molecule has 0 radical (unpaired) electrons. The molecule has 32 heavy (non-hydrogen) atoms. The van der Waals surface area contributed by atoms with Gasteiger partial charge in [0.15, 0.2) is 0 Å². The van der Waals surface area contributed by atoms with E-state index >= 15 is 0 Å². The number of alkyl halides is 3. The number of halogens is 3. The number of carbonyl (C=O) groups is 1. The van der Waals surface area contributed by atoms with E-state index in [1.165, 1.54) is 19.1 Å². The highest BCUT2D eigenvalue weighted by molar-refractivity contribution is 5.72. The van der Waals surface area contributed by atoms with Crippen molar-refractivity contribution in [3.8, 4) is 11.1 Å². The third-order valence-corrected chi connectivity index (χ3v) is 5.65. The molecule has 0 spiro atoms. The van der Waals surface area contributed by atoms with E-state index in [1.807, 2.05) is 55.5 Å². The average molecular weight is 441 g/mol. The van der Waals surface area contributed by atoms with Crippen LogP contribution in [0.4, 0.5) is 13.2 Å². The van der Waals surface area contributed by atoms with Crippen LogP contribution >= 0.6 is 0 Å². The molecular weight excluding hydrogens is 415 g/mol. The number of benzene rings is 3. The first kappa shape index (κ1) is 23.5. The SMILES string of the molecule is Cc1c(CCc2cc(CNC(C)C(=O)O)ccc2C(F)(F)F)cccc1-c1ccccc1. The lowest BCUT2D eigenvalue weighted by atomic mass is 9.92. The maximum absolute atomic E-state index is 13.6. The summed E-state index contributed by atoms with van der Waals surface area (Å²) in [5, 5.41) is 11.8. The Bertz CT molecular complexity index is 1080. The molecule has 0 heterocycles. The second-order valence-corrected chi connectivity index (χ2v) is 7.89. The first-order valence-electron chi connectivity index (χ1n) is 10.5. The molecule has 3 rings (SSSR count). The molecule has 168 valence electrons. The molecule has 0 aliphatic rings. The Morgan fingerprint density at radius 2 is 1.66 bits per heavy atom. The number of nitrogens with one attached hydrogen (secondary N) is 1. The molecule has 1 atom stereocenters. The highest BCUT2D eigenvalue weighted by Gasteiger charge is 2.33. The van der Waals surface area contributed by atoms with Crippen molar-refractivity contribution in [2.75, 3.05) is 0 Å². The summed E-state index contributed by atoms with van der Waals surface area (Å²) in [5.41, 5.74) is 4.38. The Morgan fingerprint density at radius 1 is 0.969 bits per heavy atom. The van der Waals surface area contributed by atoms with Crippen LogP contribution in [0.25, 0.3) is 11.1 Å². The third kappa shape index (κ3) is 5.77. The maximum atomic E-state index is 13.6. The van der Waals surface area contributed by atoms with Crippen molar-refractivity contribution < 1.29 is 23.1 Å². The molecule has 0 amide bonds. The van der Waals surface area contributed by atoms with Gasteiger partial charge in [-0.3, -0.25) is 4.79 Å². The molecule has 0 aliphatic heterocycles. The van der Waals surface area contributed by atoms with Crippen LogP contribution in [0.1, 0.15) is 34.7 Å². The molecule has 0 bridgehead atoms. The van der Waals surface area contributed by atoms with E-state index in [2.05, 4.69) is 5.32 Å². The fourth-order valence-electron chi connectivity index (χ4n) is 3.75. The lowest BCUT2D eigenvalue weighted by molar-refractivity contribution is -0.139.